The second-order valence-corrected chi connectivity index (χ2v) is 5.33. The first-order valence-electron chi connectivity index (χ1n) is 5.23. The van der Waals surface area contributed by atoms with Gasteiger partial charge in [0, 0.05) is 4.47 Å². The van der Waals surface area contributed by atoms with Crippen LogP contribution in [0.15, 0.2) is 46.9 Å². The maximum atomic E-state index is 13.3. The van der Waals surface area contributed by atoms with Crippen LogP contribution in [0.2, 0.25) is 0 Å². The van der Waals surface area contributed by atoms with Crippen molar-refractivity contribution in [2.75, 3.05) is 0 Å². The topological polar surface area (TPSA) is 0 Å². The normalized spacial score (nSPS) is 12.5. The average Bonchev–Trinajstić information content (AvgIpc) is 2.28. The highest BCUT2D eigenvalue weighted by Crippen LogP contribution is 2.31. The van der Waals surface area contributed by atoms with Crippen molar-refractivity contribution >= 4 is 27.5 Å². The lowest BCUT2D eigenvalue weighted by Crippen LogP contribution is -1.94. The highest BCUT2D eigenvalue weighted by Gasteiger charge is 2.12. The van der Waals surface area contributed by atoms with Crippen molar-refractivity contribution in [2.45, 2.75) is 12.3 Å². The predicted molar refractivity (Wildman–Crippen MR) is 73.0 cm³/mol. The van der Waals surface area contributed by atoms with E-state index < -0.39 is 0 Å². The van der Waals surface area contributed by atoms with Crippen molar-refractivity contribution in [1.82, 2.24) is 0 Å². The number of aryl methyl sites for hydroxylation is 1. The first kappa shape index (κ1) is 12.6. The first-order valence-corrected chi connectivity index (χ1v) is 6.46. The van der Waals surface area contributed by atoms with Gasteiger partial charge in [-0.25, -0.2) is 4.39 Å². The van der Waals surface area contributed by atoms with E-state index in [1.807, 2.05) is 37.3 Å². The van der Waals surface area contributed by atoms with Gasteiger partial charge >= 0.3 is 0 Å². The summed E-state index contributed by atoms with van der Waals surface area (Å²) in [5, 5.41) is -0.331. The van der Waals surface area contributed by atoms with E-state index in [4.69, 9.17) is 11.6 Å². The SMILES string of the molecule is Cc1ccc(C(Cl)c2cc(F)cc(Br)c2)cc1. The third kappa shape index (κ3) is 3.08. The second kappa shape index (κ2) is 5.19. The molecule has 0 radical (unpaired) electrons. The first-order chi connectivity index (χ1) is 8.06. The van der Waals surface area contributed by atoms with Crippen molar-refractivity contribution in [3.05, 3.63) is 69.4 Å². The Kier molecular flexibility index (Phi) is 3.85. The van der Waals surface area contributed by atoms with Crippen LogP contribution in [0.1, 0.15) is 22.1 Å². The second-order valence-electron chi connectivity index (χ2n) is 3.98. The molecule has 0 amide bonds. The molecule has 0 aromatic heterocycles. The molecule has 2 aromatic rings. The summed E-state index contributed by atoms with van der Waals surface area (Å²) in [6.07, 6.45) is 0. The summed E-state index contributed by atoms with van der Waals surface area (Å²) < 4.78 is 14.0. The fraction of sp³-hybridized carbons (Fsp3) is 0.143. The van der Waals surface area contributed by atoms with Crippen molar-refractivity contribution in [3.63, 3.8) is 0 Å². The minimum Gasteiger partial charge on any atom is -0.207 e. The number of alkyl halides is 1. The Balaban J connectivity index is 2.36. The molecule has 88 valence electrons. The van der Waals surface area contributed by atoms with E-state index in [1.54, 1.807) is 0 Å². The average molecular weight is 314 g/mol. The van der Waals surface area contributed by atoms with Crippen LogP contribution in [0.25, 0.3) is 0 Å². The zero-order chi connectivity index (χ0) is 12.4. The highest BCUT2D eigenvalue weighted by atomic mass is 79.9. The molecule has 0 aliphatic carbocycles. The monoisotopic (exact) mass is 312 g/mol. The molecule has 2 aromatic carbocycles. The molecule has 0 bridgehead atoms. The zero-order valence-corrected chi connectivity index (χ0v) is 11.6. The molecule has 0 saturated heterocycles. The lowest BCUT2D eigenvalue weighted by atomic mass is 10.0. The molecule has 3 heteroatoms. The van der Waals surface area contributed by atoms with Crippen LogP contribution in [0.4, 0.5) is 4.39 Å². The van der Waals surface area contributed by atoms with Gasteiger partial charge in [-0.05, 0) is 36.2 Å². The van der Waals surface area contributed by atoms with E-state index >= 15 is 0 Å². The van der Waals surface area contributed by atoms with Gasteiger partial charge in [0.05, 0.1) is 5.38 Å². The van der Waals surface area contributed by atoms with E-state index in [2.05, 4.69) is 15.9 Å². The Labute approximate surface area is 114 Å². The summed E-state index contributed by atoms with van der Waals surface area (Å²) in [7, 11) is 0. The third-order valence-corrected chi connectivity index (χ3v) is 3.51. The van der Waals surface area contributed by atoms with E-state index in [-0.39, 0.29) is 11.2 Å². The van der Waals surface area contributed by atoms with Crippen molar-refractivity contribution in [3.8, 4) is 0 Å². The molecule has 0 fully saturated rings. The smallest absolute Gasteiger partial charge is 0.124 e. The van der Waals surface area contributed by atoms with E-state index in [0.717, 1.165) is 11.1 Å². The van der Waals surface area contributed by atoms with Gasteiger partial charge in [0.2, 0.25) is 0 Å². The van der Waals surface area contributed by atoms with Gasteiger partial charge in [0.1, 0.15) is 5.82 Å². The number of hydrogen-bond acceptors (Lipinski definition) is 0. The molecule has 2 rings (SSSR count). The van der Waals surface area contributed by atoms with Gasteiger partial charge in [0.15, 0.2) is 0 Å². The number of hydrogen-bond donors (Lipinski definition) is 0. The van der Waals surface area contributed by atoms with E-state index in [9.17, 15) is 4.39 Å². The van der Waals surface area contributed by atoms with Crippen LogP contribution in [-0.4, -0.2) is 0 Å². The molecule has 0 aliphatic heterocycles. The molecule has 0 heterocycles. The Bertz CT molecular complexity index is 502. The van der Waals surface area contributed by atoms with Crippen LogP contribution in [-0.2, 0) is 0 Å². The standard InChI is InChI=1S/C14H11BrClF/c1-9-2-4-10(5-3-9)14(16)11-6-12(15)8-13(17)7-11/h2-8,14H,1H3. The molecule has 17 heavy (non-hydrogen) atoms. The van der Waals surface area contributed by atoms with Crippen LogP contribution in [0.5, 0.6) is 0 Å². The third-order valence-electron chi connectivity index (χ3n) is 2.55. The summed E-state index contributed by atoms with van der Waals surface area (Å²) in [4.78, 5) is 0. The minimum absolute atomic E-state index is 0.285. The molecule has 0 aliphatic rings. The highest BCUT2D eigenvalue weighted by molar-refractivity contribution is 9.10. The lowest BCUT2D eigenvalue weighted by Gasteiger charge is -2.11. The summed E-state index contributed by atoms with van der Waals surface area (Å²) in [5.41, 5.74) is 2.90. The molecule has 1 atom stereocenters. The number of benzene rings is 2. The molecular weight excluding hydrogens is 303 g/mol. The van der Waals surface area contributed by atoms with Crippen LogP contribution in [0.3, 0.4) is 0 Å². The number of halogens is 3. The van der Waals surface area contributed by atoms with Gasteiger partial charge in [-0.3, -0.25) is 0 Å². The maximum absolute atomic E-state index is 13.3. The van der Waals surface area contributed by atoms with Gasteiger partial charge in [0.25, 0.3) is 0 Å². The summed E-state index contributed by atoms with van der Waals surface area (Å²) in [6, 6.07) is 12.6. The number of rotatable bonds is 2. The van der Waals surface area contributed by atoms with Crippen LogP contribution >= 0.6 is 27.5 Å². The molecule has 0 N–H and O–H groups in total. The zero-order valence-electron chi connectivity index (χ0n) is 9.25. The Morgan fingerprint density at radius 2 is 1.71 bits per heavy atom. The maximum Gasteiger partial charge on any atom is 0.124 e. The van der Waals surface area contributed by atoms with Crippen molar-refractivity contribution in [1.29, 1.82) is 0 Å². The Hall–Kier alpha value is -0.860. The van der Waals surface area contributed by atoms with E-state index in [0.29, 0.717) is 4.47 Å². The Morgan fingerprint density at radius 1 is 1.06 bits per heavy atom. The summed E-state index contributed by atoms with van der Waals surface area (Å²) >= 11 is 9.61. The molecule has 0 saturated carbocycles. The predicted octanol–water partition coefficient (Wildman–Crippen LogP) is 5.22. The molecule has 0 nitrogen and oxygen atoms in total. The fourth-order valence-corrected chi connectivity index (χ4v) is 2.40. The van der Waals surface area contributed by atoms with E-state index in [1.165, 1.54) is 17.7 Å². The van der Waals surface area contributed by atoms with Gasteiger partial charge in [-0.15, -0.1) is 11.6 Å². The molecule has 1 unspecified atom stereocenters. The largest absolute Gasteiger partial charge is 0.207 e. The fourth-order valence-electron chi connectivity index (χ4n) is 1.65. The van der Waals surface area contributed by atoms with Gasteiger partial charge < -0.3 is 0 Å². The lowest BCUT2D eigenvalue weighted by molar-refractivity contribution is 0.625. The Morgan fingerprint density at radius 3 is 2.29 bits per heavy atom. The molecular formula is C14H11BrClF. The van der Waals surface area contributed by atoms with Gasteiger partial charge in [-0.2, -0.15) is 0 Å². The minimum atomic E-state index is -0.331. The van der Waals surface area contributed by atoms with Crippen molar-refractivity contribution in [2.24, 2.45) is 0 Å². The van der Waals surface area contributed by atoms with Gasteiger partial charge in [-0.1, -0.05) is 45.8 Å². The quantitative estimate of drug-likeness (QED) is 0.666. The van der Waals surface area contributed by atoms with Crippen LogP contribution < -0.4 is 0 Å². The summed E-state index contributed by atoms with van der Waals surface area (Å²) in [6.45, 7) is 2.02. The summed E-state index contributed by atoms with van der Waals surface area (Å²) in [5.74, 6) is -0.285. The van der Waals surface area contributed by atoms with Crippen molar-refractivity contribution < 1.29 is 4.39 Å². The molecule has 0 spiro atoms. The van der Waals surface area contributed by atoms with Crippen LogP contribution in [0, 0.1) is 12.7 Å².